The molecule has 0 aliphatic rings. The van der Waals surface area contributed by atoms with Gasteiger partial charge in [0.15, 0.2) is 0 Å². The molecular formula is C16H17BrClN. The largest absolute Gasteiger partial charge is 0.304 e. The van der Waals surface area contributed by atoms with Gasteiger partial charge >= 0.3 is 0 Å². The van der Waals surface area contributed by atoms with Crippen molar-refractivity contribution in [1.82, 2.24) is 5.32 Å². The van der Waals surface area contributed by atoms with Crippen LogP contribution in [-0.4, -0.2) is 0 Å². The molecule has 0 spiro atoms. The van der Waals surface area contributed by atoms with Crippen LogP contribution in [0.4, 0.5) is 0 Å². The van der Waals surface area contributed by atoms with E-state index in [1.54, 1.807) is 0 Å². The van der Waals surface area contributed by atoms with Gasteiger partial charge < -0.3 is 5.32 Å². The summed E-state index contributed by atoms with van der Waals surface area (Å²) >= 11 is 9.54. The SMILES string of the molecule is CC(N[C@H](C)c1cccc(Br)c1)c1cccc(Cl)c1. The maximum atomic E-state index is 6.03. The molecule has 0 radical (unpaired) electrons. The highest BCUT2D eigenvalue weighted by molar-refractivity contribution is 9.10. The molecule has 2 aromatic rings. The molecule has 0 aromatic heterocycles. The molecular weight excluding hydrogens is 322 g/mol. The highest BCUT2D eigenvalue weighted by Crippen LogP contribution is 2.23. The van der Waals surface area contributed by atoms with E-state index in [9.17, 15) is 0 Å². The minimum Gasteiger partial charge on any atom is -0.304 e. The van der Waals surface area contributed by atoms with E-state index in [1.807, 2.05) is 24.3 Å². The van der Waals surface area contributed by atoms with Gasteiger partial charge in [0, 0.05) is 21.6 Å². The number of hydrogen-bond acceptors (Lipinski definition) is 1. The van der Waals surface area contributed by atoms with Crippen molar-refractivity contribution in [3.63, 3.8) is 0 Å². The lowest BCUT2D eigenvalue weighted by Crippen LogP contribution is -2.22. The van der Waals surface area contributed by atoms with Gasteiger partial charge in [-0.15, -0.1) is 0 Å². The van der Waals surface area contributed by atoms with Crippen LogP contribution in [0.15, 0.2) is 53.0 Å². The molecule has 1 nitrogen and oxygen atoms in total. The van der Waals surface area contributed by atoms with Gasteiger partial charge in [-0.05, 0) is 49.2 Å². The van der Waals surface area contributed by atoms with Gasteiger partial charge in [0.2, 0.25) is 0 Å². The molecule has 3 heteroatoms. The van der Waals surface area contributed by atoms with Crippen LogP contribution in [0.2, 0.25) is 5.02 Å². The summed E-state index contributed by atoms with van der Waals surface area (Å²) in [6.07, 6.45) is 0. The standard InChI is InChI=1S/C16H17BrClN/c1-11(13-5-3-7-15(17)9-13)19-12(2)14-6-4-8-16(18)10-14/h3-12,19H,1-2H3/t11-,12?/m1/s1. The zero-order chi connectivity index (χ0) is 13.8. The fourth-order valence-electron chi connectivity index (χ4n) is 2.12. The number of nitrogens with one attached hydrogen (secondary N) is 1. The molecule has 0 fully saturated rings. The summed E-state index contributed by atoms with van der Waals surface area (Å²) in [7, 11) is 0. The Hall–Kier alpha value is -0.830. The second-order valence-electron chi connectivity index (χ2n) is 4.72. The summed E-state index contributed by atoms with van der Waals surface area (Å²) in [6, 6.07) is 16.9. The van der Waals surface area contributed by atoms with Crippen molar-refractivity contribution in [2.45, 2.75) is 25.9 Å². The van der Waals surface area contributed by atoms with Crippen LogP contribution in [-0.2, 0) is 0 Å². The summed E-state index contributed by atoms with van der Waals surface area (Å²) in [6.45, 7) is 4.32. The maximum absolute atomic E-state index is 6.03. The van der Waals surface area contributed by atoms with E-state index in [2.05, 4.69) is 59.4 Å². The maximum Gasteiger partial charge on any atom is 0.0409 e. The van der Waals surface area contributed by atoms with E-state index in [-0.39, 0.29) is 12.1 Å². The minimum atomic E-state index is 0.257. The summed E-state index contributed by atoms with van der Waals surface area (Å²) in [5.74, 6) is 0. The summed E-state index contributed by atoms with van der Waals surface area (Å²) < 4.78 is 1.11. The molecule has 0 aliphatic heterocycles. The van der Waals surface area contributed by atoms with E-state index >= 15 is 0 Å². The van der Waals surface area contributed by atoms with Gasteiger partial charge in [0.1, 0.15) is 0 Å². The molecule has 100 valence electrons. The summed E-state index contributed by atoms with van der Waals surface area (Å²) in [5.41, 5.74) is 2.47. The van der Waals surface area contributed by atoms with Crippen molar-refractivity contribution in [2.75, 3.05) is 0 Å². The van der Waals surface area contributed by atoms with Crippen LogP contribution in [0.5, 0.6) is 0 Å². The summed E-state index contributed by atoms with van der Waals surface area (Å²) in [4.78, 5) is 0. The Morgan fingerprint density at radius 1 is 0.947 bits per heavy atom. The van der Waals surface area contributed by atoms with Crippen LogP contribution in [0.25, 0.3) is 0 Å². The molecule has 2 atom stereocenters. The molecule has 2 rings (SSSR count). The van der Waals surface area contributed by atoms with Crippen LogP contribution in [0.1, 0.15) is 37.1 Å². The highest BCUT2D eigenvalue weighted by atomic mass is 79.9. The number of halogens is 2. The first-order valence-corrected chi connectivity index (χ1v) is 7.50. The molecule has 2 aromatic carbocycles. The monoisotopic (exact) mass is 337 g/mol. The average Bonchev–Trinajstić information content (AvgIpc) is 2.38. The van der Waals surface area contributed by atoms with E-state index in [1.165, 1.54) is 11.1 Å². The van der Waals surface area contributed by atoms with Gasteiger partial charge in [0.05, 0.1) is 0 Å². The van der Waals surface area contributed by atoms with Crippen molar-refractivity contribution in [3.05, 3.63) is 69.2 Å². The average molecular weight is 339 g/mol. The van der Waals surface area contributed by atoms with E-state index in [4.69, 9.17) is 11.6 Å². The Balaban J connectivity index is 2.08. The highest BCUT2D eigenvalue weighted by Gasteiger charge is 2.11. The summed E-state index contributed by atoms with van der Waals surface area (Å²) in [5, 5.41) is 4.37. The van der Waals surface area contributed by atoms with Crippen molar-refractivity contribution in [3.8, 4) is 0 Å². The van der Waals surface area contributed by atoms with Crippen LogP contribution in [0, 0.1) is 0 Å². The first-order chi connectivity index (χ1) is 9.06. The topological polar surface area (TPSA) is 12.0 Å². The minimum absolute atomic E-state index is 0.257. The molecule has 1 unspecified atom stereocenters. The molecule has 1 N–H and O–H groups in total. The fraction of sp³-hybridized carbons (Fsp3) is 0.250. The van der Waals surface area contributed by atoms with Crippen LogP contribution in [0.3, 0.4) is 0 Å². The third kappa shape index (κ3) is 4.07. The molecule has 0 saturated carbocycles. The molecule has 0 bridgehead atoms. The quantitative estimate of drug-likeness (QED) is 0.774. The number of rotatable bonds is 4. The second kappa shape index (κ2) is 6.56. The fourth-order valence-corrected chi connectivity index (χ4v) is 2.73. The van der Waals surface area contributed by atoms with Crippen molar-refractivity contribution < 1.29 is 0 Å². The van der Waals surface area contributed by atoms with Gasteiger partial charge in [-0.3, -0.25) is 0 Å². The number of hydrogen-bond donors (Lipinski definition) is 1. The Morgan fingerprint density at radius 2 is 1.53 bits per heavy atom. The van der Waals surface area contributed by atoms with E-state index in [0.29, 0.717) is 0 Å². The number of benzene rings is 2. The van der Waals surface area contributed by atoms with Crippen molar-refractivity contribution in [1.29, 1.82) is 0 Å². The first-order valence-electron chi connectivity index (χ1n) is 6.33. The molecule has 0 heterocycles. The van der Waals surface area contributed by atoms with Gasteiger partial charge in [-0.2, -0.15) is 0 Å². The lowest BCUT2D eigenvalue weighted by molar-refractivity contribution is 0.494. The zero-order valence-corrected chi connectivity index (χ0v) is 13.4. The van der Waals surface area contributed by atoms with Gasteiger partial charge in [-0.25, -0.2) is 0 Å². The Bertz CT molecular complexity index is 506. The third-order valence-corrected chi connectivity index (χ3v) is 3.93. The lowest BCUT2D eigenvalue weighted by Gasteiger charge is -2.21. The molecule has 19 heavy (non-hydrogen) atoms. The Labute approximate surface area is 128 Å². The Morgan fingerprint density at radius 3 is 2.11 bits per heavy atom. The smallest absolute Gasteiger partial charge is 0.0409 e. The lowest BCUT2D eigenvalue weighted by atomic mass is 10.0. The van der Waals surface area contributed by atoms with Crippen molar-refractivity contribution >= 4 is 27.5 Å². The zero-order valence-electron chi connectivity index (χ0n) is 11.0. The Kier molecular flexibility index (Phi) is 5.03. The second-order valence-corrected chi connectivity index (χ2v) is 6.07. The van der Waals surface area contributed by atoms with Gasteiger partial charge in [-0.1, -0.05) is 51.8 Å². The van der Waals surface area contributed by atoms with Crippen LogP contribution >= 0.6 is 27.5 Å². The normalized spacial score (nSPS) is 14.1. The predicted octanol–water partition coefficient (Wildman–Crippen LogP) is 5.51. The van der Waals surface area contributed by atoms with Crippen molar-refractivity contribution in [2.24, 2.45) is 0 Å². The molecule has 0 aliphatic carbocycles. The van der Waals surface area contributed by atoms with Crippen LogP contribution < -0.4 is 5.32 Å². The van der Waals surface area contributed by atoms with Gasteiger partial charge in [0.25, 0.3) is 0 Å². The van der Waals surface area contributed by atoms with E-state index < -0.39 is 0 Å². The molecule has 0 amide bonds. The molecule has 0 saturated heterocycles. The predicted molar refractivity (Wildman–Crippen MR) is 85.6 cm³/mol. The third-order valence-electron chi connectivity index (χ3n) is 3.20. The van der Waals surface area contributed by atoms with E-state index in [0.717, 1.165) is 9.50 Å². The first kappa shape index (κ1) is 14.6.